The molecule has 36 heavy (non-hydrogen) atoms. The molecule has 4 rings (SSSR count). The smallest absolute Gasteiger partial charge is 0.338 e. The number of aryl methyl sites for hydroxylation is 1. The Morgan fingerprint density at radius 2 is 1.78 bits per heavy atom. The molecule has 0 spiro atoms. The van der Waals surface area contributed by atoms with Gasteiger partial charge in [0, 0.05) is 25.3 Å². The number of piperidine rings is 1. The Morgan fingerprint density at radius 3 is 2.39 bits per heavy atom. The molecule has 1 aromatic heterocycles. The van der Waals surface area contributed by atoms with Crippen molar-refractivity contribution in [1.82, 2.24) is 14.6 Å². The molecule has 2 aromatic carbocycles. The van der Waals surface area contributed by atoms with Crippen molar-refractivity contribution >= 4 is 27.5 Å². The number of alkyl halides is 3. The van der Waals surface area contributed by atoms with E-state index in [9.17, 15) is 26.4 Å². The third-order valence-electron chi connectivity index (χ3n) is 6.11. The normalized spacial score (nSPS) is 15.2. The molecule has 1 N–H and O–H groups in total. The molecule has 0 radical (unpaired) electrons. The van der Waals surface area contributed by atoms with E-state index in [0.29, 0.717) is 11.1 Å². The molecule has 1 saturated heterocycles. The molecule has 1 aliphatic heterocycles. The number of rotatable bonds is 5. The molecule has 2 heterocycles. The highest BCUT2D eigenvalue weighted by Gasteiger charge is 2.38. The predicted octanol–water partition coefficient (Wildman–Crippen LogP) is 5.31. The van der Waals surface area contributed by atoms with Gasteiger partial charge in [0.05, 0.1) is 16.0 Å². The highest BCUT2D eigenvalue weighted by Crippen LogP contribution is 2.37. The minimum absolute atomic E-state index is 0.243. The lowest BCUT2D eigenvalue weighted by Gasteiger charge is -2.32. The average molecular weight is 538 g/mol. The summed E-state index contributed by atoms with van der Waals surface area (Å²) >= 11 is 5.75. The van der Waals surface area contributed by atoms with Crippen molar-refractivity contribution in [2.75, 3.05) is 13.1 Å². The molecule has 190 valence electrons. The number of likely N-dealkylation sites (tertiary alicyclic amines) is 1. The first-order chi connectivity index (χ1) is 17.0. The fourth-order valence-corrected chi connectivity index (χ4v) is 5.84. The van der Waals surface area contributed by atoms with E-state index < -0.39 is 32.7 Å². The summed E-state index contributed by atoms with van der Waals surface area (Å²) < 4.78 is 70.3. The van der Waals surface area contributed by atoms with Crippen molar-refractivity contribution in [3.05, 3.63) is 82.6 Å². The molecule has 1 amide bonds. The van der Waals surface area contributed by atoms with Gasteiger partial charge in [-0.3, -0.25) is 4.79 Å². The van der Waals surface area contributed by atoms with Crippen molar-refractivity contribution in [3.8, 4) is 11.1 Å². The van der Waals surface area contributed by atoms with Crippen molar-refractivity contribution in [1.29, 1.82) is 0 Å². The first kappa shape index (κ1) is 26.1. The average Bonchev–Trinajstić information content (AvgIpc) is 2.84. The molecule has 6 nitrogen and oxygen atoms in total. The number of hydrogen-bond donors (Lipinski definition) is 1. The molecule has 1 fully saturated rings. The molecule has 0 bridgehead atoms. The number of benzene rings is 2. The van der Waals surface area contributed by atoms with Crippen molar-refractivity contribution in [2.24, 2.45) is 0 Å². The fraction of sp³-hybridized carbons (Fsp3) is 0.280. The first-order valence-corrected chi connectivity index (χ1v) is 13.0. The number of hydrogen-bond acceptors (Lipinski definition) is 4. The van der Waals surface area contributed by atoms with E-state index in [0.717, 1.165) is 17.7 Å². The number of amides is 1. The van der Waals surface area contributed by atoms with Crippen LogP contribution in [0.15, 0.2) is 65.7 Å². The van der Waals surface area contributed by atoms with Gasteiger partial charge in [0.15, 0.2) is 0 Å². The predicted molar refractivity (Wildman–Crippen MR) is 130 cm³/mol. The van der Waals surface area contributed by atoms with Gasteiger partial charge in [-0.05, 0) is 60.7 Å². The fourth-order valence-electron chi connectivity index (χ4n) is 4.22. The third kappa shape index (κ3) is 5.71. The SMILES string of the molecule is Cc1ccccc1-c1ccc(S(=O)(=O)NC2CCN(C(=O)c3ccc(Cl)nc3)CC2)c(C(F)(F)F)c1. The lowest BCUT2D eigenvalue weighted by molar-refractivity contribution is -0.139. The molecule has 0 aliphatic carbocycles. The zero-order valence-electron chi connectivity index (χ0n) is 19.2. The first-order valence-electron chi connectivity index (χ1n) is 11.2. The van der Waals surface area contributed by atoms with Crippen LogP contribution in [0.25, 0.3) is 11.1 Å². The highest BCUT2D eigenvalue weighted by atomic mass is 35.5. The number of carbonyl (C=O) groups is 1. The van der Waals surface area contributed by atoms with Crippen LogP contribution < -0.4 is 4.72 Å². The summed E-state index contributed by atoms with van der Waals surface area (Å²) in [5.41, 5.74) is 0.770. The second kappa shape index (κ2) is 10.2. The number of aromatic nitrogens is 1. The Morgan fingerprint density at radius 1 is 1.08 bits per heavy atom. The molecule has 0 saturated carbocycles. The van der Waals surface area contributed by atoms with Crippen molar-refractivity contribution in [3.63, 3.8) is 0 Å². The number of halogens is 4. The minimum atomic E-state index is -4.87. The lowest BCUT2D eigenvalue weighted by atomic mass is 9.99. The molecule has 3 aromatic rings. The van der Waals surface area contributed by atoms with Crippen molar-refractivity contribution < 1.29 is 26.4 Å². The Bertz CT molecular complexity index is 1370. The quantitative estimate of drug-likeness (QED) is 0.447. The Hall–Kier alpha value is -2.95. The van der Waals surface area contributed by atoms with E-state index in [4.69, 9.17) is 11.6 Å². The second-order valence-electron chi connectivity index (χ2n) is 8.58. The standard InChI is InChI=1S/C25H23ClF3N3O3S/c1-16-4-2-3-5-20(16)17-6-8-22(21(14-17)25(27,28)29)36(34,35)31-19-10-12-32(13-11-19)24(33)18-7-9-23(26)30-15-18/h2-9,14-15,19,31H,10-13H2,1H3. The maximum atomic E-state index is 13.9. The summed E-state index contributed by atoms with van der Waals surface area (Å²) in [6.07, 6.45) is -2.99. The minimum Gasteiger partial charge on any atom is -0.338 e. The summed E-state index contributed by atoms with van der Waals surface area (Å²) in [6.45, 7) is 2.26. The molecule has 1 aliphatic rings. The van der Waals surface area contributed by atoms with E-state index in [1.54, 1.807) is 42.2 Å². The summed E-state index contributed by atoms with van der Waals surface area (Å²) in [5, 5.41) is 0.254. The van der Waals surface area contributed by atoms with Crippen LogP contribution in [0.1, 0.15) is 34.3 Å². The number of sulfonamides is 1. The number of nitrogens with zero attached hydrogens (tertiary/aromatic N) is 2. The van der Waals surface area contributed by atoms with Gasteiger partial charge >= 0.3 is 6.18 Å². The van der Waals surface area contributed by atoms with E-state index in [1.807, 2.05) is 0 Å². The van der Waals surface area contributed by atoms with Crippen LogP contribution in [0.4, 0.5) is 13.2 Å². The molecular formula is C25H23ClF3N3O3S. The molecular weight excluding hydrogens is 515 g/mol. The number of carbonyl (C=O) groups excluding carboxylic acids is 1. The summed E-state index contributed by atoms with van der Waals surface area (Å²) in [4.78, 5) is 17.2. The summed E-state index contributed by atoms with van der Waals surface area (Å²) in [5.74, 6) is -0.272. The zero-order valence-corrected chi connectivity index (χ0v) is 20.8. The van der Waals surface area contributed by atoms with E-state index >= 15 is 0 Å². The summed E-state index contributed by atoms with van der Waals surface area (Å²) in [6, 6.07) is 12.6. The van der Waals surface area contributed by atoms with E-state index in [2.05, 4.69) is 9.71 Å². The topological polar surface area (TPSA) is 79.4 Å². The zero-order chi connectivity index (χ0) is 26.1. The van der Waals surface area contributed by atoms with Gasteiger partial charge in [0.1, 0.15) is 5.15 Å². The van der Waals surface area contributed by atoms with Crippen LogP contribution in [0.3, 0.4) is 0 Å². The largest absolute Gasteiger partial charge is 0.417 e. The van der Waals surface area contributed by atoms with E-state index in [1.165, 1.54) is 18.3 Å². The lowest BCUT2D eigenvalue weighted by Crippen LogP contribution is -2.46. The Balaban J connectivity index is 1.51. The summed E-state index contributed by atoms with van der Waals surface area (Å²) in [7, 11) is -4.48. The Kier molecular flexibility index (Phi) is 7.40. The van der Waals surface area contributed by atoms with Crippen LogP contribution in [0.2, 0.25) is 5.15 Å². The molecule has 0 unspecified atom stereocenters. The van der Waals surface area contributed by atoms with Crippen LogP contribution >= 0.6 is 11.6 Å². The van der Waals surface area contributed by atoms with Gasteiger partial charge in [0.25, 0.3) is 5.91 Å². The van der Waals surface area contributed by atoms with Crippen LogP contribution in [0.5, 0.6) is 0 Å². The van der Waals surface area contributed by atoms with Gasteiger partial charge in [-0.25, -0.2) is 18.1 Å². The Labute approximate surface area is 212 Å². The maximum Gasteiger partial charge on any atom is 0.417 e. The molecule has 11 heteroatoms. The monoisotopic (exact) mass is 537 g/mol. The number of pyridine rings is 1. The van der Waals surface area contributed by atoms with Gasteiger partial charge in [-0.15, -0.1) is 0 Å². The van der Waals surface area contributed by atoms with Gasteiger partial charge in [-0.1, -0.05) is 41.9 Å². The highest BCUT2D eigenvalue weighted by molar-refractivity contribution is 7.89. The van der Waals surface area contributed by atoms with Gasteiger partial charge in [0.2, 0.25) is 10.0 Å². The van der Waals surface area contributed by atoms with Gasteiger partial charge in [-0.2, -0.15) is 13.2 Å². The van der Waals surface area contributed by atoms with Crippen LogP contribution in [-0.2, 0) is 16.2 Å². The second-order valence-corrected chi connectivity index (χ2v) is 10.7. The van der Waals surface area contributed by atoms with E-state index in [-0.39, 0.29) is 42.6 Å². The van der Waals surface area contributed by atoms with Crippen LogP contribution in [0, 0.1) is 6.92 Å². The van der Waals surface area contributed by atoms with Gasteiger partial charge < -0.3 is 4.90 Å². The number of nitrogens with one attached hydrogen (secondary N) is 1. The third-order valence-corrected chi connectivity index (χ3v) is 7.91. The molecule has 0 atom stereocenters. The maximum absolute atomic E-state index is 13.9. The van der Waals surface area contributed by atoms with Crippen molar-refractivity contribution in [2.45, 2.75) is 36.9 Å². The van der Waals surface area contributed by atoms with Crippen LogP contribution in [-0.4, -0.2) is 43.3 Å².